The van der Waals surface area contributed by atoms with E-state index in [2.05, 4.69) is 9.97 Å². The van der Waals surface area contributed by atoms with Crippen molar-refractivity contribution in [2.45, 2.75) is 0 Å². The summed E-state index contributed by atoms with van der Waals surface area (Å²) in [5.74, 6) is 0.665. The normalized spacial score (nSPS) is 10.5. The Morgan fingerprint density at radius 2 is 1.59 bits per heavy atom. The highest BCUT2D eigenvalue weighted by Crippen LogP contribution is 2.41. The highest BCUT2D eigenvalue weighted by atomic mass is 16.5. The Hall–Kier alpha value is -2.95. The van der Waals surface area contributed by atoms with Gasteiger partial charge in [0.15, 0.2) is 11.5 Å². The second-order valence-electron chi connectivity index (χ2n) is 4.72. The summed E-state index contributed by atoms with van der Waals surface area (Å²) >= 11 is 0. The van der Waals surface area contributed by atoms with E-state index < -0.39 is 0 Å². The maximum atomic E-state index is 10.0. The van der Waals surface area contributed by atoms with Crippen LogP contribution in [-0.2, 0) is 0 Å². The van der Waals surface area contributed by atoms with E-state index in [-0.39, 0.29) is 5.75 Å². The lowest BCUT2D eigenvalue weighted by molar-refractivity contribution is 0.340. The Bertz CT molecular complexity index is 757. The molecule has 0 aliphatic carbocycles. The number of hydrogen-bond acceptors (Lipinski definition) is 4. The van der Waals surface area contributed by atoms with Crippen LogP contribution in [0.2, 0.25) is 0 Å². The summed E-state index contributed by atoms with van der Waals surface area (Å²) in [4.78, 5) is 7.55. The third-order valence-electron chi connectivity index (χ3n) is 3.46. The highest BCUT2D eigenvalue weighted by molar-refractivity contribution is 5.80. The van der Waals surface area contributed by atoms with Crippen LogP contribution in [-0.4, -0.2) is 29.3 Å². The molecule has 3 rings (SSSR count). The number of nitrogens with zero attached hydrogens (tertiary/aromatic N) is 1. The second-order valence-corrected chi connectivity index (χ2v) is 4.72. The number of benzene rings is 2. The van der Waals surface area contributed by atoms with Gasteiger partial charge in [0.05, 0.1) is 31.9 Å². The van der Waals surface area contributed by atoms with Gasteiger partial charge in [-0.2, -0.15) is 0 Å². The molecule has 2 aromatic carbocycles. The van der Waals surface area contributed by atoms with Crippen molar-refractivity contribution in [2.75, 3.05) is 14.2 Å². The number of imidazole rings is 1. The Balaban J connectivity index is 2.15. The third-order valence-corrected chi connectivity index (χ3v) is 3.46. The van der Waals surface area contributed by atoms with E-state index in [4.69, 9.17) is 9.47 Å². The molecule has 0 aliphatic rings. The number of phenols is 1. The minimum Gasteiger partial charge on any atom is -0.502 e. The number of aromatic nitrogens is 2. The Kier molecular flexibility index (Phi) is 3.70. The monoisotopic (exact) mass is 296 g/mol. The summed E-state index contributed by atoms with van der Waals surface area (Å²) in [5, 5.41) is 10.0. The standard InChI is InChI=1S/C17H16N2O3/c1-21-13-8-12(9-14(22-2)17(13)20)16-15(18-10-19-16)11-6-4-3-5-7-11/h3-10,20H,1-2H3,(H,18,19). The van der Waals surface area contributed by atoms with Crippen molar-refractivity contribution in [3.8, 4) is 39.8 Å². The van der Waals surface area contributed by atoms with Crippen molar-refractivity contribution in [1.29, 1.82) is 0 Å². The van der Waals surface area contributed by atoms with Gasteiger partial charge in [0.25, 0.3) is 0 Å². The lowest BCUT2D eigenvalue weighted by Crippen LogP contribution is -1.91. The number of aromatic amines is 1. The van der Waals surface area contributed by atoms with Crippen LogP contribution in [0.25, 0.3) is 22.5 Å². The van der Waals surface area contributed by atoms with Crippen molar-refractivity contribution in [3.05, 3.63) is 48.8 Å². The number of phenolic OH excluding ortho intramolecular Hbond substituents is 1. The number of rotatable bonds is 4. The van der Waals surface area contributed by atoms with Crippen molar-refractivity contribution in [3.63, 3.8) is 0 Å². The largest absolute Gasteiger partial charge is 0.502 e. The maximum absolute atomic E-state index is 10.0. The molecule has 22 heavy (non-hydrogen) atoms. The minimum atomic E-state index is -0.0226. The maximum Gasteiger partial charge on any atom is 0.200 e. The molecular formula is C17H16N2O3. The SMILES string of the molecule is COc1cc(-c2nc[nH]c2-c2ccccc2)cc(OC)c1O. The van der Waals surface area contributed by atoms with E-state index in [1.165, 1.54) is 14.2 Å². The second kappa shape index (κ2) is 5.81. The topological polar surface area (TPSA) is 67.4 Å². The van der Waals surface area contributed by atoms with Crippen molar-refractivity contribution in [1.82, 2.24) is 9.97 Å². The summed E-state index contributed by atoms with van der Waals surface area (Å²) in [6.45, 7) is 0. The molecule has 0 atom stereocenters. The molecule has 0 fully saturated rings. The predicted molar refractivity (Wildman–Crippen MR) is 84.2 cm³/mol. The van der Waals surface area contributed by atoms with E-state index in [1.54, 1.807) is 18.5 Å². The zero-order valence-electron chi connectivity index (χ0n) is 12.3. The number of ether oxygens (including phenoxy) is 2. The molecule has 5 nitrogen and oxygen atoms in total. The highest BCUT2D eigenvalue weighted by Gasteiger charge is 2.16. The molecule has 1 aromatic heterocycles. The van der Waals surface area contributed by atoms with Gasteiger partial charge in [-0.1, -0.05) is 30.3 Å². The minimum absolute atomic E-state index is 0.0226. The van der Waals surface area contributed by atoms with Gasteiger partial charge in [0.2, 0.25) is 5.75 Å². The first-order valence-corrected chi connectivity index (χ1v) is 6.78. The van der Waals surface area contributed by atoms with Crippen LogP contribution in [0, 0.1) is 0 Å². The van der Waals surface area contributed by atoms with Crippen LogP contribution >= 0.6 is 0 Å². The number of aromatic hydroxyl groups is 1. The number of H-pyrrole nitrogens is 1. The summed E-state index contributed by atoms with van der Waals surface area (Å²) in [6.07, 6.45) is 1.64. The van der Waals surface area contributed by atoms with Gasteiger partial charge in [0.1, 0.15) is 0 Å². The summed E-state index contributed by atoms with van der Waals surface area (Å²) < 4.78 is 10.4. The summed E-state index contributed by atoms with van der Waals surface area (Å²) in [6, 6.07) is 13.4. The lowest BCUT2D eigenvalue weighted by atomic mass is 10.0. The molecular weight excluding hydrogens is 280 g/mol. The molecule has 2 N–H and O–H groups in total. The molecule has 112 valence electrons. The number of methoxy groups -OCH3 is 2. The van der Waals surface area contributed by atoms with Gasteiger partial charge in [-0.25, -0.2) is 4.98 Å². The predicted octanol–water partition coefficient (Wildman–Crippen LogP) is 3.47. The van der Waals surface area contributed by atoms with Gasteiger partial charge in [-0.15, -0.1) is 0 Å². The molecule has 0 saturated carbocycles. The Morgan fingerprint density at radius 3 is 2.18 bits per heavy atom. The molecule has 0 bridgehead atoms. The number of nitrogens with one attached hydrogen (secondary N) is 1. The van der Waals surface area contributed by atoms with E-state index in [0.717, 1.165) is 22.5 Å². The van der Waals surface area contributed by atoms with Gasteiger partial charge < -0.3 is 19.6 Å². The van der Waals surface area contributed by atoms with Crippen LogP contribution in [0.15, 0.2) is 48.8 Å². The van der Waals surface area contributed by atoms with E-state index in [0.29, 0.717) is 11.5 Å². The molecule has 5 heteroatoms. The fraction of sp³-hybridized carbons (Fsp3) is 0.118. The third kappa shape index (κ3) is 2.37. The molecule has 0 saturated heterocycles. The zero-order chi connectivity index (χ0) is 15.5. The molecule has 0 unspecified atom stereocenters. The first-order chi connectivity index (χ1) is 10.7. The van der Waals surface area contributed by atoms with Crippen LogP contribution in [0.1, 0.15) is 0 Å². The van der Waals surface area contributed by atoms with Crippen molar-refractivity contribution in [2.24, 2.45) is 0 Å². The van der Waals surface area contributed by atoms with E-state index in [9.17, 15) is 5.11 Å². The fourth-order valence-corrected chi connectivity index (χ4v) is 2.37. The van der Waals surface area contributed by atoms with Gasteiger partial charge >= 0.3 is 0 Å². The zero-order valence-corrected chi connectivity index (χ0v) is 12.3. The van der Waals surface area contributed by atoms with E-state index in [1.807, 2.05) is 30.3 Å². The van der Waals surface area contributed by atoms with E-state index >= 15 is 0 Å². The quantitative estimate of drug-likeness (QED) is 0.773. The first kappa shape index (κ1) is 14.0. The van der Waals surface area contributed by atoms with Gasteiger partial charge in [0, 0.05) is 11.1 Å². The average molecular weight is 296 g/mol. The van der Waals surface area contributed by atoms with Crippen LogP contribution < -0.4 is 9.47 Å². The van der Waals surface area contributed by atoms with Crippen molar-refractivity contribution >= 4 is 0 Å². The summed E-state index contributed by atoms with van der Waals surface area (Å²) in [7, 11) is 3.00. The molecule has 3 aromatic rings. The van der Waals surface area contributed by atoms with Crippen LogP contribution in [0.4, 0.5) is 0 Å². The Morgan fingerprint density at radius 1 is 0.955 bits per heavy atom. The first-order valence-electron chi connectivity index (χ1n) is 6.78. The molecule has 0 spiro atoms. The fourth-order valence-electron chi connectivity index (χ4n) is 2.37. The van der Waals surface area contributed by atoms with Gasteiger partial charge in [-0.05, 0) is 12.1 Å². The van der Waals surface area contributed by atoms with Crippen molar-refractivity contribution < 1.29 is 14.6 Å². The van der Waals surface area contributed by atoms with Crippen LogP contribution in [0.5, 0.6) is 17.2 Å². The molecule has 0 aliphatic heterocycles. The average Bonchev–Trinajstić information content (AvgIpc) is 3.05. The number of hydrogen-bond donors (Lipinski definition) is 2. The smallest absolute Gasteiger partial charge is 0.200 e. The molecule has 0 radical (unpaired) electrons. The Labute approximate surface area is 128 Å². The van der Waals surface area contributed by atoms with Gasteiger partial charge in [-0.3, -0.25) is 0 Å². The van der Waals surface area contributed by atoms with Crippen LogP contribution in [0.3, 0.4) is 0 Å². The molecule has 1 heterocycles. The summed E-state index contributed by atoms with van der Waals surface area (Å²) in [5.41, 5.74) is 3.49. The molecule has 0 amide bonds. The lowest BCUT2D eigenvalue weighted by Gasteiger charge is -2.11.